The zero-order valence-corrected chi connectivity index (χ0v) is 21.6. The highest BCUT2D eigenvalue weighted by molar-refractivity contribution is 5.94. The number of pyridine rings is 1. The summed E-state index contributed by atoms with van der Waals surface area (Å²) in [5.74, 6) is 0.936. The molecule has 3 aromatic carbocycles. The van der Waals surface area contributed by atoms with Gasteiger partial charge in [-0.15, -0.1) is 0 Å². The van der Waals surface area contributed by atoms with Crippen LogP contribution in [-0.2, 0) is 11.3 Å². The number of fused-ring (bicyclic) bond motifs is 1. The van der Waals surface area contributed by atoms with E-state index in [2.05, 4.69) is 35.0 Å². The van der Waals surface area contributed by atoms with Gasteiger partial charge in [-0.2, -0.15) is 0 Å². The van der Waals surface area contributed by atoms with Crippen molar-refractivity contribution in [3.8, 4) is 17.1 Å². The zero-order valence-electron chi connectivity index (χ0n) is 21.6. The first-order valence-electron chi connectivity index (χ1n) is 12.9. The Morgan fingerprint density at radius 3 is 2.60 bits per heavy atom. The SMILES string of the molecule is O=C(N=[N+]=Nc1ccc(N2CCOCC2)cc1)c1ccc(-c2nc3ccc(OCc4ccccn4)cc3[nH]2)cc1. The zero-order chi connectivity index (χ0) is 27.1. The van der Waals surface area contributed by atoms with Crippen LogP contribution in [0.5, 0.6) is 5.75 Å². The summed E-state index contributed by atoms with van der Waals surface area (Å²) in [4.78, 5) is 30.8. The van der Waals surface area contributed by atoms with Crippen LogP contribution < -0.4 is 14.5 Å². The standard InChI is InChI=1S/C30H25N7O3/c38-30(35-36-34-23-8-10-25(11-9-23)37-15-17-39-18-16-37)22-6-4-21(5-7-22)29-32-27-13-12-26(19-28(27)33-29)40-20-24-3-1-2-14-31-24/h1-14,19H,15-18,20H2/p+1. The Bertz CT molecular complexity index is 1670. The van der Waals surface area contributed by atoms with Crippen LogP contribution in [0.3, 0.4) is 0 Å². The van der Waals surface area contributed by atoms with E-state index in [0.717, 1.165) is 60.0 Å². The predicted molar refractivity (Wildman–Crippen MR) is 151 cm³/mol. The summed E-state index contributed by atoms with van der Waals surface area (Å²) in [5, 5.41) is 7.79. The molecular formula is C30H26N7O3+. The molecule has 1 N–H and O–H groups in total. The molecule has 6 rings (SSSR count). The molecule has 10 heteroatoms. The molecule has 1 aliphatic rings. The van der Waals surface area contributed by atoms with Crippen LogP contribution in [0.1, 0.15) is 16.1 Å². The predicted octanol–water partition coefficient (Wildman–Crippen LogP) is 5.48. The molecule has 0 atom stereocenters. The van der Waals surface area contributed by atoms with Crippen molar-refractivity contribution >= 4 is 28.3 Å². The topological polar surface area (TPSA) is 119 Å². The van der Waals surface area contributed by atoms with Gasteiger partial charge in [0.2, 0.25) is 10.0 Å². The highest BCUT2D eigenvalue weighted by Gasteiger charge is 2.13. The Hall–Kier alpha value is -5.18. The lowest BCUT2D eigenvalue weighted by atomic mass is 10.1. The number of carbonyl (C=O) groups excluding carboxylic acids is 1. The molecule has 0 aliphatic carbocycles. The van der Waals surface area contributed by atoms with E-state index >= 15 is 0 Å². The van der Waals surface area contributed by atoms with E-state index < -0.39 is 5.91 Å². The van der Waals surface area contributed by atoms with E-state index in [9.17, 15) is 4.79 Å². The molecule has 0 unspecified atom stereocenters. The number of hydrogen-bond donors (Lipinski definition) is 1. The molecule has 40 heavy (non-hydrogen) atoms. The molecular weight excluding hydrogens is 506 g/mol. The van der Waals surface area contributed by atoms with Crippen molar-refractivity contribution in [3.63, 3.8) is 0 Å². The van der Waals surface area contributed by atoms with Crippen molar-refractivity contribution in [1.29, 1.82) is 0 Å². The van der Waals surface area contributed by atoms with E-state index in [4.69, 9.17) is 9.47 Å². The molecule has 0 radical (unpaired) electrons. The minimum Gasteiger partial charge on any atom is -0.487 e. The Labute approximate surface area is 230 Å². The maximum atomic E-state index is 12.5. The number of anilines is 1. The fourth-order valence-corrected chi connectivity index (χ4v) is 4.35. The highest BCUT2D eigenvalue weighted by Crippen LogP contribution is 2.25. The Morgan fingerprint density at radius 1 is 1.00 bits per heavy atom. The molecule has 1 amide bonds. The Balaban J connectivity index is 1.09. The number of H-pyrrole nitrogens is 1. The van der Waals surface area contributed by atoms with Crippen molar-refractivity contribution < 1.29 is 14.3 Å². The number of aromatic nitrogens is 3. The summed E-state index contributed by atoms with van der Waals surface area (Å²) in [6, 6.07) is 26.1. The van der Waals surface area contributed by atoms with Crippen molar-refractivity contribution in [2.45, 2.75) is 6.61 Å². The molecule has 0 saturated carbocycles. The number of rotatable bonds is 7. The van der Waals surface area contributed by atoms with Gasteiger partial charge in [0.15, 0.2) is 10.8 Å². The lowest BCUT2D eigenvalue weighted by molar-refractivity contribution is 0.0992. The van der Waals surface area contributed by atoms with Gasteiger partial charge in [-0.25, -0.2) is 4.98 Å². The number of benzene rings is 3. The van der Waals surface area contributed by atoms with Crippen molar-refractivity contribution in [2.75, 3.05) is 31.2 Å². The average Bonchev–Trinajstić information content (AvgIpc) is 3.45. The summed E-state index contributed by atoms with van der Waals surface area (Å²) < 4.78 is 11.3. The fraction of sp³-hybridized carbons (Fsp3) is 0.167. The summed E-state index contributed by atoms with van der Waals surface area (Å²) in [5.41, 5.74) is 5.50. The van der Waals surface area contributed by atoms with Crippen molar-refractivity contribution in [1.82, 2.24) is 19.9 Å². The van der Waals surface area contributed by atoms with Crippen LogP contribution in [0.2, 0.25) is 0 Å². The number of amides is 1. The molecule has 2 aromatic heterocycles. The first-order chi connectivity index (χ1) is 19.7. The van der Waals surface area contributed by atoms with Gasteiger partial charge in [-0.1, -0.05) is 18.2 Å². The number of morpholine rings is 1. The highest BCUT2D eigenvalue weighted by atomic mass is 16.5. The van der Waals surface area contributed by atoms with Gasteiger partial charge in [-0.05, 0) is 60.7 Å². The minimum absolute atomic E-state index is 0.384. The number of imidazole rings is 1. The van der Waals surface area contributed by atoms with Gasteiger partial charge in [-0.3, -0.25) is 9.78 Å². The maximum absolute atomic E-state index is 12.5. The molecule has 198 valence electrons. The molecule has 10 nitrogen and oxygen atoms in total. The quantitative estimate of drug-likeness (QED) is 0.219. The van der Waals surface area contributed by atoms with E-state index in [-0.39, 0.29) is 0 Å². The average molecular weight is 533 g/mol. The third kappa shape index (κ3) is 5.94. The van der Waals surface area contributed by atoms with Crippen LogP contribution in [0.4, 0.5) is 11.4 Å². The summed E-state index contributed by atoms with van der Waals surface area (Å²) >= 11 is 0. The van der Waals surface area contributed by atoms with E-state index in [1.54, 1.807) is 18.3 Å². The van der Waals surface area contributed by atoms with Crippen LogP contribution in [-0.4, -0.2) is 47.2 Å². The lowest BCUT2D eigenvalue weighted by Crippen LogP contribution is -2.36. The normalized spacial score (nSPS) is 13.1. The number of aromatic amines is 1. The summed E-state index contributed by atoms with van der Waals surface area (Å²) in [6.07, 6.45) is 1.74. The van der Waals surface area contributed by atoms with Crippen molar-refractivity contribution in [3.05, 3.63) is 102 Å². The van der Waals surface area contributed by atoms with Crippen LogP contribution >= 0.6 is 0 Å². The molecule has 1 saturated heterocycles. The molecule has 1 aliphatic heterocycles. The third-order valence-corrected chi connectivity index (χ3v) is 6.49. The second-order valence-electron chi connectivity index (χ2n) is 9.16. The van der Waals surface area contributed by atoms with E-state index in [1.807, 2.05) is 72.8 Å². The summed E-state index contributed by atoms with van der Waals surface area (Å²) in [7, 11) is 0. The Morgan fingerprint density at radius 2 is 1.82 bits per heavy atom. The van der Waals surface area contributed by atoms with Gasteiger partial charge in [0.1, 0.15) is 18.2 Å². The maximum Gasteiger partial charge on any atom is 0.360 e. The Kier molecular flexibility index (Phi) is 7.34. The number of carbonyl (C=O) groups is 1. The molecule has 5 aromatic rings. The van der Waals surface area contributed by atoms with Crippen LogP contribution in [0.25, 0.3) is 22.4 Å². The number of nitrogens with zero attached hydrogens (tertiary/aromatic N) is 6. The van der Waals surface area contributed by atoms with E-state index in [0.29, 0.717) is 23.7 Å². The van der Waals surface area contributed by atoms with Gasteiger partial charge in [0.25, 0.3) is 0 Å². The second kappa shape index (κ2) is 11.7. The third-order valence-electron chi connectivity index (χ3n) is 6.49. The number of hydrogen-bond acceptors (Lipinski definition) is 7. The van der Waals surface area contributed by atoms with Gasteiger partial charge in [0, 0.05) is 42.2 Å². The summed E-state index contributed by atoms with van der Waals surface area (Å²) in [6.45, 7) is 3.57. The van der Waals surface area contributed by atoms with Gasteiger partial charge in [0.05, 0.1) is 29.9 Å². The largest absolute Gasteiger partial charge is 0.487 e. The first kappa shape index (κ1) is 25.1. The molecule has 0 spiro atoms. The molecule has 0 bridgehead atoms. The molecule has 3 heterocycles. The number of ether oxygens (including phenoxy) is 2. The van der Waals surface area contributed by atoms with Gasteiger partial charge < -0.3 is 19.4 Å². The fourth-order valence-electron chi connectivity index (χ4n) is 4.35. The molecule has 1 fully saturated rings. The first-order valence-corrected chi connectivity index (χ1v) is 12.9. The van der Waals surface area contributed by atoms with E-state index in [1.165, 1.54) is 0 Å². The van der Waals surface area contributed by atoms with Crippen LogP contribution in [0, 0.1) is 0 Å². The van der Waals surface area contributed by atoms with Crippen LogP contribution in [0.15, 0.2) is 101 Å². The lowest BCUT2D eigenvalue weighted by Gasteiger charge is -2.28. The number of nitrogens with one attached hydrogen (secondary N) is 1. The minimum atomic E-state index is -0.473. The monoisotopic (exact) mass is 532 g/mol. The van der Waals surface area contributed by atoms with Crippen molar-refractivity contribution in [2.24, 2.45) is 10.2 Å². The second-order valence-corrected chi connectivity index (χ2v) is 9.16. The van der Waals surface area contributed by atoms with Gasteiger partial charge >= 0.3 is 5.91 Å². The smallest absolute Gasteiger partial charge is 0.360 e.